The number of piperidine rings is 1. The maximum Gasteiger partial charge on any atom is 0.251 e. The van der Waals surface area contributed by atoms with Crippen LogP contribution < -0.4 is 5.32 Å². The van der Waals surface area contributed by atoms with Gasteiger partial charge in [-0.2, -0.15) is 4.31 Å². The van der Waals surface area contributed by atoms with E-state index in [-0.39, 0.29) is 16.2 Å². The molecule has 0 unspecified atom stereocenters. The molecule has 0 aromatic heterocycles. The lowest BCUT2D eigenvalue weighted by atomic mass is 9.74. The predicted octanol–water partition coefficient (Wildman–Crippen LogP) is 3.34. The third-order valence-corrected chi connectivity index (χ3v) is 8.37. The highest BCUT2D eigenvalue weighted by atomic mass is 32.2. The molecule has 6 nitrogen and oxygen atoms in total. The van der Waals surface area contributed by atoms with E-state index in [1.54, 1.807) is 18.2 Å². The molecule has 31 heavy (non-hydrogen) atoms. The number of ether oxygens (including phenoxy) is 1. The molecule has 2 aromatic rings. The van der Waals surface area contributed by atoms with E-state index in [1.807, 2.05) is 18.2 Å². The fourth-order valence-corrected chi connectivity index (χ4v) is 6.09. The average molecular weight is 443 g/mol. The van der Waals surface area contributed by atoms with Gasteiger partial charge in [-0.3, -0.25) is 4.79 Å². The van der Waals surface area contributed by atoms with Gasteiger partial charge in [0.1, 0.15) is 0 Å². The first kappa shape index (κ1) is 22.0. The van der Waals surface area contributed by atoms with E-state index in [4.69, 9.17) is 4.74 Å². The van der Waals surface area contributed by atoms with Gasteiger partial charge in [-0.1, -0.05) is 42.8 Å². The van der Waals surface area contributed by atoms with Gasteiger partial charge in [-0.05, 0) is 49.4 Å². The highest BCUT2D eigenvalue weighted by Crippen LogP contribution is 2.34. The highest BCUT2D eigenvalue weighted by Gasteiger charge is 2.35. The van der Waals surface area contributed by atoms with Gasteiger partial charge in [-0.15, -0.1) is 0 Å². The van der Waals surface area contributed by atoms with Crippen LogP contribution in [0.15, 0.2) is 59.5 Å². The number of carbonyl (C=O) groups excluding carboxylic acids is 1. The second-order valence-electron chi connectivity index (χ2n) is 8.43. The summed E-state index contributed by atoms with van der Waals surface area (Å²) >= 11 is 0. The van der Waals surface area contributed by atoms with Crippen LogP contribution in [-0.4, -0.2) is 51.5 Å². The minimum absolute atomic E-state index is 0.174. The molecule has 0 aliphatic carbocycles. The lowest BCUT2D eigenvalue weighted by Crippen LogP contribution is -2.44. The molecule has 166 valence electrons. The first-order valence-corrected chi connectivity index (χ1v) is 12.5. The van der Waals surface area contributed by atoms with Crippen molar-refractivity contribution in [2.75, 3.05) is 32.8 Å². The molecule has 0 saturated carbocycles. The number of nitrogens with one attached hydrogen (secondary N) is 1. The Morgan fingerprint density at radius 2 is 1.68 bits per heavy atom. The van der Waals surface area contributed by atoms with Gasteiger partial charge >= 0.3 is 0 Å². The van der Waals surface area contributed by atoms with Gasteiger partial charge in [0.25, 0.3) is 5.91 Å². The number of hydrogen-bond donors (Lipinski definition) is 1. The molecule has 0 spiro atoms. The molecule has 2 heterocycles. The summed E-state index contributed by atoms with van der Waals surface area (Å²) in [6.07, 6.45) is 4.49. The third-order valence-electron chi connectivity index (χ3n) is 6.47. The van der Waals surface area contributed by atoms with Gasteiger partial charge < -0.3 is 10.1 Å². The molecule has 1 amide bonds. The maximum absolute atomic E-state index is 13.0. The molecule has 0 bridgehead atoms. The molecule has 2 aromatic carbocycles. The fraction of sp³-hybridized carbons (Fsp3) is 0.458. The van der Waals surface area contributed by atoms with E-state index in [0.717, 1.165) is 32.1 Å². The van der Waals surface area contributed by atoms with Gasteiger partial charge in [0.15, 0.2) is 0 Å². The first-order valence-electron chi connectivity index (χ1n) is 11.0. The van der Waals surface area contributed by atoms with Crippen LogP contribution in [0.3, 0.4) is 0 Å². The largest absolute Gasteiger partial charge is 0.381 e. The molecule has 2 fully saturated rings. The van der Waals surface area contributed by atoms with Crippen molar-refractivity contribution in [2.45, 2.75) is 42.4 Å². The molecular formula is C24H30N2O4S. The standard InChI is InChI=1S/C24H30N2O4S/c27-23(25-19-24(12-16-30-17-13-24)21-9-3-1-4-10-21)20-8-7-11-22(18-20)31(28,29)26-14-5-2-6-15-26/h1,3-4,7-11,18H,2,5-6,12-17,19H2,(H,25,27). The summed E-state index contributed by atoms with van der Waals surface area (Å²) in [5.41, 5.74) is 1.39. The Labute approximate surface area is 184 Å². The van der Waals surface area contributed by atoms with E-state index >= 15 is 0 Å². The predicted molar refractivity (Wildman–Crippen MR) is 120 cm³/mol. The molecule has 4 rings (SSSR count). The number of amides is 1. The van der Waals surface area contributed by atoms with Crippen molar-refractivity contribution >= 4 is 15.9 Å². The summed E-state index contributed by atoms with van der Waals surface area (Å²) < 4.78 is 33.1. The van der Waals surface area contributed by atoms with Crippen LogP contribution >= 0.6 is 0 Å². The number of rotatable bonds is 6. The van der Waals surface area contributed by atoms with Gasteiger partial charge in [-0.25, -0.2) is 8.42 Å². The minimum Gasteiger partial charge on any atom is -0.381 e. The summed E-state index contributed by atoms with van der Waals surface area (Å²) in [5, 5.41) is 3.06. The van der Waals surface area contributed by atoms with Crippen molar-refractivity contribution in [1.29, 1.82) is 0 Å². The van der Waals surface area contributed by atoms with Crippen molar-refractivity contribution in [3.8, 4) is 0 Å². The second kappa shape index (κ2) is 9.51. The van der Waals surface area contributed by atoms with Gasteiger partial charge in [0.05, 0.1) is 4.90 Å². The molecule has 0 radical (unpaired) electrons. The van der Waals surface area contributed by atoms with Crippen LogP contribution in [0.5, 0.6) is 0 Å². The Morgan fingerprint density at radius 1 is 0.968 bits per heavy atom. The summed E-state index contributed by atoms with van der Waals surface area (Å²) in [7, 11) is -3.57. The van der Waals surface area contributed by atoms with Crippen molar-refractivity contribution in [3.05, 3.63) is 65.7 Å². The summed E-state index contributed by atoms with van der Waals surface area (Å²) in [6.45, 7) is 2.89. The monoisotopic (exact) mass is 442 g/mol. The number of carbonyl (C=O) groups is 1. The number of benzene rings is 2. The number of nitrogens with zero attached hydrogens (tertiary/aromatic N) is 1. The Balaban J connectivity index is 1.50. The van der Waals surface area contributed by atoms with Crippen molar-refractivity contribution in [3.63, 3.8) is 0 Å². The van der Waals surface area contributed by atoms with Crippen molar-refractivity contribution in [1.82, 2.24) is 9.62 Å². The van der Waals surface area contributed by atoms with Gasteiger partial charge in [0.2, 0.25) is 10.0 Å². The third kappa shape index (κ3) is 4.84. The Bertz CT molecular complexity index is 995. The molecule has 1 N–H and O–H groups in total. The van der Waals surface area contributed by atoms with Crippen LogP contribution in [0, 0.1) is 0 Å². The zero-order chi connectivity index (χ0) is 21.7. The van der Waals surface area contributed by atoms with Crippen LogP contribution in [0.2, 0.25) is 0 Å². The second-order valence-corrected chi connectivity index (χ2v) is 10.4. The summed E-state index contributed by atoms with van der Waals surface area (Å²) in [5.74, 6) is -0.252. The highest BCUT2D eigenvalue weighted by molar-refractivity contribution is 7.89. The minimum atomic E-state index is -3.57. The number of hydrogen-bond acceptors (Lipinski definition) is 4. The Hall–Kier alpha value is -2.22. The lowest BCUT2D eigenvalue weighted by Gasteiger charge is -2.38. The van der Waals surface area contributed by atoms with E-state index in [0.29, 0.717) is 38.4 Å². The lowest BCUT2D eigenvalue weighted by molar-refractivity contribution is 0.0487. The SMILES string of the molecule is O=C(NCC1(c2ccccc2)CCOCC1)c1cccc(S(=O)(=O)N2CCCCC2)c1. The molecule has 7 heteroatoms. The normalized spacial score (nSPS) is 19.6. The summed E-state index contributed by atoms with van der Waals surface area (Å²) in [4.78, 5) is 13.2. The molecular weight excluding hydrogens is 412 g/mol. The topological polar surface area (TPSA) is 75.7 Å². The summed E-state index contributed by atoms with van der Waals surface area (Å²) in [6, 6.07) is 16.6. The van der Waals surface area contributed by atoms with E-state index < -0.39 is 10.0 Å². The zero-order valence-corrected chi connectivity index (χ0v) is 18.6. The maximum atomic E-state index is 13.0. The Kier molecular flexibility index (Phi) is 6.74. The molecule has 2 aliphatic rings. The average Bonchev–Trinajstić information content (AvgIpc) is 2.84. The van der Waals surface area contributed by atoms with Crippen LogP contribution in [0.4, 0.5) is 0 Å². The van der Waals surface area contributed by atoms with Crippen LogP contribution in [-0.2, 0) is 20.2 Å². The van der Waals surface area contributed by atoms with Crippen LogP contribution in [0.25, 0.3) is 0 Å². The van der Waals surface area contributed by atoms with Crippen molar-refractivity contribution in [2.24, 2.45) is 0 Å². The van der Waals surface area contributed by atoms with Crippen molar-refractivity contribution < 1.29 is 17.9 Å². The number of sulfonamides is 1. The van der Waals surface area contributed by atoms with Gasteiger partial charge in [0, 0.05) is 43.8 Å². The molecule has 2 aliphatic heterocycles. The first-order chi connectivity index (χ1) is 15.0. The fourth-order valence-electron chi connectivity index (χ4n) is 4.53. The Morgan fingerprint density at radius 3 is 2.39 bits per heavy atom. The molecule has 2 saturated heterocycles. The quantitative estimate of drug-likeness (QED) is 0.745. The molecule has 0 atom stereocenters. The van der Waals surface area contributed by atoms with Crippen LogP contribution in [0.1, 0.15) is 48.0 Å². The smallest absolute Gasteiger partial charge is 0.251 e. The van der Waals surface area contributed by atoms with E-state index in [2.05, 4.69) is 17.4 Å². The van der Waals surface area contributed by atoms with E-state index in [9.17, 15) is 13.2 Å². The zero-order valence-electron chi connectivity index (χ0n) is 17.8. The van der Waals surface area contributed by atoms with E-state index in [1.165, 1.54) is 15.9 Å².